The van der Waals surface area contributed by atoms with Gasteiger partial charge in [0.1, 0.15) is 5.75 Å². The molecule has 0 saturated heterocycles. The van der Waals surface area contributed by atoms with Crippen LogP contribution in [0.3, 0.4) is 0 Å². The Morgan fingerprint density at radius 1 is 1.11 bits per heavy atom. The molecule has 0 unspecified atom stereocenters. The maximum atomic E-state index is 12.5. The smallest absolute Gasteiger partial charge is 0.387 e. The predicted molar refractivity (Wildman–Crippen MR) is 118 cm³/mol. The number of nitrogens with one attached hydrogen (secondary N) is 2. The summed E-state index contributed by atoms with van der Waals surface area (Å²) in [6, 6.07) is 6.74. The Balaban J connectivity index is 0.00000676. The molecule has 0 amide bonds. The van der Waals surface area contributed by atoms with Crippen LogP contribution in [0.4, 0.5) is 8.78 Å². The summed E-state index contributed by atoms with van der Waals surface area (Å²) < 4.78 is 29.5. The highest BCUT2D eigenvalue weighted by Crippen LogP contribution is 2.20. The molecule has 0 aliphatic rings. The number of hydrogen-bond acceptors (Lipinski definition) is 3. The molecule has 1 aromatic carbocycles. The quantitative estimate of drug-likeness (QED) is 0.197. The Kier molecular flexibility index (Phi) is 15.2. The third-order valence-corrected chi connectivity index (χ3v) is 4.03. The monoisotopic (exact) mass is 498 g/mol. The number of guanidine groups is 1. The molecule has 27 heavy (non-hydrogen) atoms. The van der Waals surface area contributed by atoms with Crippen LogP contribution >= 0.6 is 24.0 Å². The van der Waals surface area contributed by atoms with E-state index in [4.69, 9.17) is 0 Å². The van der Waals surface area contributed by atoms with Crippen molar-refractivity contribution in [2.45, 2.75) is 46.8 Å². The second kappa shape index (κ2) is 15.9. The number of rotatable bonds is 12. The molecule has 0 bridgehead atoms. The van der Waals surface area contributed by atoms with Gasteiger partial charge in [-0.05, 0) is 45.5 Å². The highest BCUT2D eigenvalue weighted by atomic mass is 127. The molecule has 0 radical (unpaired) electrons. The minimum Gasteiger partial charge on any atom is -0.434 e. The summed E-state index contributed by atoms with van der Waals surface area (Å²) >= 11 is 0. The number of unbranched alkanes of at least 4 members (excludes halogenated alkanes) is 1. The number of para-hydroxylation sites is 1. The van der Waals surface area contributed by atoms with Crippen LogP contribution in [0.2, 0.25) is 0 Å². The maximum Gasteiger partial charge on any atom is 0.387 e. The zero-order valence-corrected chi connectivity index (χ0v) is 18.8. The Morgan fingerprint density at radius 2 is 1.81 bits per heavy atom. The van der Waals surface area contributed by atoms with Gasteiger partial charge in [-0.15, -0.1) is 24.0 Å². The number of halogens is 3. The lowest BCUT2D eigenvalue weighted by Gasteiger charge is -2.18. The van der Waals surface area contributed by atoms with E-state index in [1.807, 2.05) is 6.92 Å². The van der Waals surface area contributed by atoms with Crippen molar-refractivity contribution in [2.75, 3.05) is 32.7 Å². The van der Waals surface area contributed by atoms with Gasteiger partial charge in [-0.3, -0.25) is 0 Å². The van der Waals surface area contributed by atoms with E-state index in [2.05, 4.69) is 39.1 Å². The van der Waals surface area contributed by atoms with Crippen LogP contribution in [0.5, 0.6) is 5.75 Å². The Hall–Kier alpha value is -1.16. The normalized spacial score (nSPS) is 11.4. The SMILES string of the molecule is CCNC(=NCc1ccccc1OC(F)F)NCCCCN(CC)CC.I. The third-order valence-electron chi connectivity index (χ3n) is 4.03. The van der Waals surface area contributed by atoms with E-state index in [1.54, 1.807) is 18.2 Å². The number of benzene rings is 1. The van der Waals surface area contributed by atoms with E-state index >= 15 is 0 Å². The maximum absolute atomic E-state index is 12.5. The number of ether oxygens (including phenoxy) is 1. The first-order valence-corrected chi connectivity index (χ1v) is 9.37. The second-order valence-electron chi connectivity index (χ2n) is 5.84. The topological polar surface area (TPSA) is 48.9 Å². The number of alkyl halides is 2. The van der Waals surface area contributed by atoms with Crippen LogP contribution in [0.25, 0.3) is 0 Å². The van der Waals surface area contributed by atoms with E-state index < -0.39 is 6.61 Å². The largest absolute Gasteiger partial charge is 0.434 e. The third kappa shape index (κ3) is 11.3. The van der Waals surface area contributed by atoms with E-state index in [9.17, 15) is 8.78 Å². The molecular weight excluding hydrogens is 465 g/mol. The van der Waals surface area contributed by atoms with Crippen LogP contribution < -0.4 is 15.4 Å². The molecule has 0 aliphatic heterocycles. The highest BCUT2D eigenvalue weighted by Gasteiger charge is 2.09. The second-order valence-corrected chi connectivity index (χ2v) is 5.84. The fourth-order valence-electron chi connectivity index (χ4n) is 2.56. The van der Waals surface area contributed by atoms with E-state index in [0.717, 1.165) is 45.6 Å². The van der Waals surface area contributed by atoms with Crippen LogP contribution in [-0.2, 0) is 6.54 Å². The van der Waals surface area contributed by atoms with Gasteiger partial charge in [-0.1, -0.05) is 32.0 Å². The summed E-state index contributed by atoms with van der Waals surface area (Å²) in [6.45, 7) is 8.59. The Labute approximate surface area is 179 Å². The summed E-state index contributed by atoms with van der Waals surface area (Å²) in [6.07, 6.45) is 2.17. The van der Waals surface area contributed by atoms with Crippen LogP contribution in [0, 0.1) is 0 Å². The lowest BCUT2D eigenvalue weighted by molar-refractivity contribution is -0.0504. The fourth-order valence-corrected chi connectivity index (χ4v) is 2.56. The van der Waals surface area contributed by atoms with Gasteiger partial charge >= 0.3 is 6.61 Å². The molecule has 0 aliphatic carbocycles. The zero-order chi connectivity index (χ0) is 19.2. The lowest BCUT2D eigenvalue weighted by atomic mass is 10.2. The molecule has 5 nitrogen and oxygen atoms in total. The van der Waals surface area contributed by atoms with Gasteiger partial charge in [0, 0.05) is 18.7 Å². The minimum atomic E-state index is -2.84. The van der Waals surface area contributed by atoms with Gasteiger partial charge in [-0.2, -0.15) is 8.78 Å². The van der Waals surface area contributed by atoms with Gasteiger partial charge in [-0.25, -0.2) is 4.99 Å². The first-order valence-electron chi connectivity index (χ1n) is 9.37. The van der Waals surface area contributed by atoms with E-state index in [0.29, 0.717) is 11.5 Å². The summed E-state index contributed by atoms with van der Waals surface area (Å²) in [5, 5.41) is 6.47. The van der Waals surface area contributed by atoms with Crippen molar-refractivity contribution in [3.8, 4) is 5.75 Å². The van der Waals surface area contributed by atoms with Crippen molar-refractivity contribution >= 4 is 29.9 Å². The van der Waals surface area contributed by atoms with Crippen LogP contribution in [0.1, 0.15) is 39.2 Å². The standard InChI is InChI=1S/C19H32F2N4O.HI/c1-4-22-19(23-13-9-10-14-25(5-2)6-3)24-15-16-11-7-8-12-17(16)26-18(20)21;/h7-8,11-12,18H,4-6,9-10,13-15H2,1-3H3,(H2,22,23,24);1H. The van der Waals surface area contributed by atoms with Gasteiger partial charge < -0.3 is 20.3 Å². The van der Waals surface area contributed by atoms with Crippen molar-refractivity contribution in [2.24, 2.45) is 4.99 Å². The van der Waals surface area contributed by atoms with E-state index in [1.165, 1.54) is 6.07 Å². The summed E-state index contributed by atoms with van der Waals surface area (Å²) in [7, 11) is 0. The zero-order valence-electron chi connectivity index (χ0n) is 16.5. The molecule has 0 aromatic heterocycles. The summed E-state index contributed by atoms with van der Waals surface area (Å²) in [5.74, 6) is 0.850. The Bertz CT molecular complexity index is 528. The molecule has 0 atom stereocenters. The molecule has 8 heteroatoms. The molecule has 2 N–H and O–H groups in total. The van der Waals surface area contributed by atoms with E-state index in [-0.39, 0.29) is 36.3 Å². The lowest BCUT2D eigenvalue weighted by Crippen LogP contribution is -2.38. The number of aliphatic imine (C=N–C) groups is 1. The molecule has 0 spiro atoms. The molecule has 0 fully saturated rings. The Morgan fingerprint density at radius 3 is 2.44 bits per heavy atom. The molecule has 0 saturated carbocycles. The van der Waals surface area contributed by atoms with Gasteiger partial charge in [0.05, 0.1) is 6.54 Å². The molecule has 1 aromatic rings. The van der Waals surface area contributed by atoms with Crippen molar-refractivity contribution in [3.05, 3.63) is 29.8 Å². The van der Waals surface area contributed by atoms with Crippen molar-refractivity contribution in [1.82, 2.24) is 15.5 Å². The molecule has 0 heterocycles. The fraction of sp³-hybridized carbons (Fsp3) is 0.632. The number of hydrogen-bond donors (Lipinski definition) is 2. The number of nitrogens with zero attached hydrogens (tertiary/aromatic N) is 2. The van der Waals surface area contributed by atoms with Crippen molar-refractivity contribution in [3.63, 3.8) is 0 Å². The summed E-state index contributed by atoms with van der Waals surface area (Å²) in [5.41, 5.74) is 0.631. The molecule has 1 rings (SSSR count). The van der Waals surface area contributed by atoms with Crippen molar-refractivity contribution in [1.29, 1.82) is 0 Å². The van der Waals surface area contributed by atoms with Gasteiger partial charge in [0.25, 0.3) is 0 Å². The first-order chi connectivity index (χ1) is 12.6. The van der Waals surface area contributed by atoms with Crippen LogP contribution in [0.15, 0.2) is 29.3 Å². The minimum absolute atomic E-state index is 0. The van der Waals surface area contributed by atoms with Gasteiger partial charge in [0.2, 0.25) is 0 Å². The average Bonchev–Trinajstić information content (AvgIpc) is 2.63. The average molecular weight is 498 g/mol. The van der Waals surface area contributed by atoms with Gasteiger partial charge in [0.15, 0.2) is 5.96 Å². The first kappa shape index (κ1) is 25.8. The van der Waals surface area contributed by atoms with Crippen molar-refractivity contribution < 1.29 is 13.5 Å². The predicted octanol–water partition coefficient (Wildman–Crippen LogP) is 4.08. The van der Waals surface area contributed by atoms with Crippen LogP contribution in [-0.4, -0.2) is 50.2 Å². The summed E-state index contributed by atoms with van der Waals surface area (Å²) in [4.78, 5) is 6.88. The molecule has 156 valence electrons. The highest BCUT2D eigenvalue weighted by molar-refractivity contribution is 14.0. The molecular formula is C19H33F2IN4O.